The number of phenolic OH excluding ortho intramolecular Hbond substituents is 1. The molecular weight excluding hydrogens is 1740 g/mol. The molecule has 3 aliphatic rings. The van der Waals surface area contributed by atoms with Crippen LogP contribution in [0.5, 0.6) is 5.75 Å². The summed E-state index contributed by atoms with van der Waals surface area (Å²) < 4.78 is 45.0. The molecule has 3 aliphatic heterocycles. The summed E-state index contributed by atoms with van der Waals surface area (Å²) >= 11 is 0.617. The van der Waals surface area contributed by atoms with E-state index < -0.39 is 271 Å². The maximum absolute atomic E-state index is 15.7. The Hall–Kier alpha value is -13.0. The van der Waals surface area contributed by atoms with Gasteiger partial charge in [-0.05, 0) is 109 Å². The van der Waals surface area contributed by atoms with E-state index in [0.717, 1.165) is 26.6 Å². The molecule has 9 rings (SSSR count). The molecule has 0 spiro atoms. The van der Waals surface area contributed by atoms with Crippen LogP contribution in [0, 0.1) is 23.4 Å². The number of nitrogens with zero attached hydrogens (tertiary/aromatic N) is 5. The molecule has 37 nitrogen and oxygen atoms in total. The minimum atomic E-state index is -2.02. The summed E-state index contributed by atoms with van der Waals surface area (Å²) in [4.78, 5) is 245. The quantitative estimate of drug-likeness (QED) is 0.0352. The molecular formula is C91H116F3N17O20S. The van der Waals surface area contributed by atoms with Crippen molar-refractivity contribution < 1.29 is 110 Å². The van der Waals surface area contributed by atoms with Crippen LogP contribution in [0.2, 0.25) is 0 Å². The van der Waals surface area contributed by atoms with Crippen LogP contribution in [0.1, 0.15) is 113 Å². The van der Waals surface area contributed by atoms with E-state index in [0.29, 0.717) is 63.5 Å². The first-order valence-electron chi connectivity index (χ1n) is 43.6. The Bertz CT molecular complexity index is 5100. The maximum Gasteiger partial charge on any atom is 0.305 e. The lowest BCUT2D eigenvalue weighted by molar-refractivity contribution is -0.152. The van der Waals surface area contributed by atoms with E-state index >= 15 is 51.9 Å². The molecule has 14 atom stereocenters. The minimum absolute atomic E-state index is 0.00288. The number of para-hydroxylation sites is 1. The minimum Gasteiger partial charge on any atom is -0.508 e. The summed E-state index contributed by atoms with van der Waals surface area (Å²) in [7, 11) is 3.65. The van der Waals surface area contributed by atoms with Crippen molar-refractivity contribution in [1.82, 2.24) is 77.3 Å². The number of aliphatic hydroxyl groups is 2. The van der Waals surface area contributed by atoms with Crippen molar-refractivity contribution in [2.75, 3.05) is 65.4 Å². The predicted octanol–water partition coefficient (Wildman–Crippen LogP) is -0.0932. The number of aromatic nitrogens is 1. The number of fused-ring (bicyclic) bond motifs is 3. The number of hydrogen-bond acceptors (Lipinski definition) is 21. The highest BCUT2D eigenvalue weighted by Gasteiger charge is 2.48. The average Bonchev–Trinajstić information content (AvgIpc) is 1.52. The third-order valence-corrected chi connectivity index (χ3v) is 24.5. The highest BCUT2D eigenvalue weighted by atomic mass is 32.2. The molecule has 41 heteroatoms. The van der Waals surface area contributed by atoms with Gasteiger partial charge in [-0.3, -0.25) is 76.7 Å². The van der Waals surface area contributed by atoms with Crippen LogP contribution in [0.3, 0.4) is 0 Å². The lowest BCUT2D eigenvalue weighted by atomic mass is 9.98. The Morgan fingerprint density at radius 3 is 1.73 bits per heavy atom. The number of aromatic hydroxyl groups is 1. The molecule has 0 saturated carbocycles. The molecule has 5 aromatic carbocycles. The number of nitrogens with one attached hydrogen (secondary N) is 10. The Morgan fingerprint density at radius 2 is 1.11 bits per heavy atom. The Labute approximate surface area is 764 Å². The number of thioether (sulfide) groups is 1. The molecule has 0 aliphatic carbocycles. The number of unbranched alkanes of at least 4 members (excludes halogenated alkanes) is 1. The second-order valence-electron chi connectivity index (χ2n) is 33.5. The number of hydrogen-bond donors (Lipinski definition) is 16. The fraction of sp³-hybridized carbons (Fsp3) is 0.473. The molecule has 712 valence electrons. The molecule has 18 N–H and O–H groups in total. The van der Waals surface area contributed by atoms with Gasteiger partial charge in [0.1, 0.15) is 84.3 Å². The van der Waals surface area contributed by atoms with Gasteiger partial charge in [0.15, 0.2) is 17.5 Å². The van der Waals surface area contributed by atoms with Gasteiger partial charge < -0.3 is 109 Å². The van der Waals surface area contributed by atoms with Gasteiger partial charge in [-0.25, -0.2) is 13.2 Å². The number of carbonyl (C=O) groups is 16. The molecule has 3 saturated heterocycles. The zero-order valence-corrected chi connectivity index (χ0v) is 74.9. The standard InChI is InChI=1S/C91H116F3N17O20S/c1-7-8-26-70-90(130)111-47-57(114)43-72(111)86(126)104-66(44-76(117)118)83(123)106-78(50(2)3)91(131)108(5)71(40-51-19-11-9-12-20-51)85(125)101-63(25-17-33-95)88(128)110-34-18-27-69(110)84(124)103-65(42-55-45-97-61-24-16-15-23-58(55)61)82(122)102-64(38-53-28-30-56(113)31-29-53)81(121)100-62(32-35-112)80(120)105-68(79(119)98-46-74(96)115)48-132-49-75(116)99-67(39-54-36-59(92)77(94)60(93)37-54)87(127)109(6)73(89(129)107(70)4)41-52-21-13-10-14-22-52/h9-16,19-24,28-31,36-37,45,50,57,62-73,78,97,112-114H,7-8,17-18,25-27,32-35,38-44,46-49,95H2,1-6H3,(H2,96,115)(H,98,119)(H,99,116)(H,100,121)(H,101,125)(H,102,122)(H,103,124)(H,104,126)(H,105,120)(H,106,123)(H,117,118)/t57-,62-,63+,64+,65+,66+,67-,68+,69-,70+,71-,72-,73+,78+/m1/s1. The normalized spacial score (nSPS) is 24.2. The number of aliphatic carboxylic acids is 1. The van der Waals surface area contributed by atoms with E-state index in [2.05, 4.69) is 52.8 Å². The zero-order chi connectivity index (χ0) is 96.3. The first kappa shape index (κ1) is 103. The van der Waals surface area contributed by atoms with Crippen LogP contribution >= 0.6 is 11.8 Å². The van der Waals surface area contributed by atoms with Gasteiger partial charge in [-0.15, -0.1) is 11.8 Å². The number of H-pyrrole nitrogens is 1. The van der Waals surface area contributed by atoms with Crippen molar-refractivity contribution in [2.24, 2.45) is 17.4 Å². The van der Waals surface area contributed by atoms with Crippen molar-refractivity contribution in [3.63, 3.8) is 0 Å². The summed E-state index contributed by atoms with van der Waals surface area (Å²) in [6.07, 6.45) is -3.36. The molecule has 132 heavy (non-hydrogen) atoms. The van der Waals surface area contributed by atoms with Crippen molar-refractivity contribution in [3.05, 3.63) is 173 Å². The van der Waals surface area contributed by atoms with Crippen LogP contribution in [0.15, 0.2) is 128 Å². The number of halogens is 3. The van der Waals surface area contributed by atoms with E-state index in [1.165, 1.54) is 57.1 Å². The van der Waals surface area contributed by atoms with E-state index in [9.17, 15) is 58.4 Å². The number of primary amides is 1. The molecule has 15 amide bonds. The number of aliphatic hydroxyl groups excluding tert-OH is 2. The average molecular weight is 1860 g/mol. The predicted molar refractivity (Wildman–Crippen MR) is 476 cm³/mol. The van der Waals surface area contributed by atoms with Gasteiger partial charge in [-0.2, -0.15) is 0 Å². The number of carboxylic acid groups (broad SMARTS) is 1. The number of amides is 15. The zero-order valence-electron chi connectivity index (χ0n) is 74.1. The molecule has 0 unspecified atom stereocenters. The van der Waals surface area contributed by atoms with Crippen LogP contribution in [-0.4, -0.2) is 295 Å². The van der Waals surface area contributed by atoms with Gasteiger partial charge in [0, 0.05) is 102 Å². The van der Waals surface area contributed by atoms with Crippen molar-refractivity contribution >= 4 is 117 Å². The third kappa shape index (κ3) is 28.0. The third-order valence-electron chi connectivity index (χ3n) is 23.4. The smallest absolute Gasteiger partial charge is 0.305 e. The van der Waals surface area contributed by atoms with Gasteiger partial charge >= 0.3 is 5.97 Å². The number of carboxylic acids is 1. The van der Waals surface area contributed by atoms with Gasteiger partial charge in [0.25, 0.3) is 0 Å². The number of phenols is 1. The van der Waals surface area contributed by atoms with Crippen LogP contribution in [-0.2, 0) is 109 Å². The number of rotatable bonds is 24. The van der Waals surface area contributed by atoms with Crippen molar-refractivity contribution in [2.45, 2.75) is 202 Å². The molecule has 1 aromatic heterocycles. The number of aromatic amines is 1. The topological polar surface area (TPSA) is 546 Å². The molecule has 6 aromatic rings. The Kier molecular flexibility index (Phi) is 37.9. The Balaban J connectivity index is 1.13. The summed E-state index contributed by atoms with van der Waals surface area (Å²) in [5.74, 6) is -24.6. The molecule has 0 radical (unpaired) electrons. The molecule has 4 heterocycles. The molecule has 0 bridgehead atoms. The highest BCUT2D eigenvalue weighted by Crippen LogP contribution is 2.29. The Morgan fingerprint density at radius 1 is 0.553 bits per heavy atom. The first-order valence-corrected chi connectivity index (χ1v) is 44.8. The fourth-order valence-electron chi connectivity index (χ4n) is 16.2. The van der Waals surface area contributed by atoms with Gasteiger partial charge in [-0.1, -0.05) is 125 Å². The number of nitrogens with two attached hydrogens (primary N) is 2. The fourth-order valence-corrected chi connectivity index (χ4v) is 17.1. The summed E-state index contributed by atoms with van der Waals surface area (Å²) in [6, 6.07) is 8.39. The highest BCUT2D eigenvalue weighted by molar-refractivity contribution is 8.00. The first-order chi connectivity index (χ1) is 62.9. The van der Waals surface area contributed by atoms with Crippen LogP contribution < -0.4 is 59.3 Å². The van der Waals surface area contributed by atoms with E-state index in [1.807, 2.05) is 0 Å². The summed E-state index contributed by atoms with van der Waals surface area (Å²) in [5, 5.41) is 66.3. The SMILES string of the molecule is CCCC[C@H]1C(=O)N2C[C@H](O)C[C@@H]2C(=O)N[C@@H](CC(=O)O)C(=O)N[C@@H](C(C)C)C(=O)N(C)[C@H](Cc2ccccc2)C(=O)N[C@@H](CCCN)C(=O)N2CCC[C@@H]2C(=O)N[C@@H](Cc2c[nH]c3ccccc23)C(=O)N[C@@H](Cc2ccc(O)cc2)C(=O)N[C@H](CCO)C(=O)N[C@H](C(=O)NCC(N)=O)CSCC(=O)N[C@H](Cc2cc(F)c(F)c(F)c2)C(=O)N(C)[C@@H](Cc2ccccc2)C(=O)N1C. The monoisotopic (exact) mass is 1860 g/mol. The summed E-state index contributed by atoms with van der Waals surface area (Å²) in [5.41, 5.74) is 13.4. The van der Waals surface area contributed by atoms with Gasteiger partial charge in [0.2, 0.25) is 88.6 Å². The number of likely N-dealkylation sites (N-methyl/N-ethyl adjacent to an activating group) is 3. The lowest BCUT2D eigenvalue weighted by Crippen LogP contribution is -2.62. The van der Waals surface area contributed by atoms with Crippen molar-refractivity contribution in [1.29, 1.82) is 0 Å². The van der Waals surface area contributed by atoms with E-state index in [-0.39, 0.29) is 76.6 Å². The second-order valence-corrected chi connectivity index (χ2v) is 34.5. The van der Waals surface area contributed by atoms with Crippen molar-refractivity contribution in [3.8, 4) is 5.75 Å². The van der Waals surface area contributed by atoms with E-state index in [4.69, 9.17) is 11.5 Å². The van der Waals surface area contributed by atoms with Crippen LogP contribution in [0.25, 0.3) is 10.9 Å². The van der Waals surface area contributed by atoms with Crippen LogP contribution in [0.4, 0.5) is 13.2 Å². The van der Waals surface area contributed by atoms with Gasteiger partial charge in [0.05, 0.1) is 24.8 Å². The number of benzene rings is 5. The number of carbonyl (C=O) groups excluding carboxylic acids is 15. The second kappa shape index (κ2) is 48.8. The summed E-state index contributed by atoms with van der Waals surface area (Å²) in [6.45, 7) is 2.60. The lowest BCUT2D eigenvalue weighted by Gasteiger charge is -2.38. The maximum atomic E-state index is 15.7. The largest absolute Gasteiger partial charge is 0.508 e. The molecule has 3 fully saturated rings. The van der Waals surface area contributed by atoms with E-state index in [1.54, 1.807) is 98.0 Å².